The van der Waals surface area contributed by atoms with Crippen molar-refractivity contribution in [3.05, 3.63) is 35.4 Å². The summed E-state index contributed by atoms with van der Waals surface area (Å²) in [6.07, 6.45) is -2.55. The van der Waals surface area contributed by atoms with Gasteiger partial charge in [-0.1, -0.05) is 0 Å². The molecule has 8 nitrogen and oxygen atoms in total. The number of aromatic nitrogens is 2. The van der Waals surface area contributed by atoms with E-state index >= 15 is 0 Å². The van der Waals surface area contributed by atoms with Crippen molar-refractivity contribution in [1.29, 1.82) is 0 Å². The molecule has 11 heteroatoms. The zero-order valence-corrected chi connectivity index (χ0v) is 18.8. The van der Waals surface area contributed by atoms with Crippen LogP contribution < -0.4 is 5.32 Å². The normalized spacial score (nSPS) is 21.6. The molecule has 2 aliphatic rings. The van der Waals surface area contributed by atoms with E-state index in [-0.39, 0.29) is 23.2 Å². The van der Waals surface area contributed by atoms with E-state index in [2.05, 4.69) is 20.4 Å². The second-order valence-electron chi connectivity index (χ2n) is 8.99. The van der Waals surface area contributed by atoms with Crippen LogP contribution in [0.4, 0.5) is 19.0 Å². The summed E-state index contributed by atoms with van der Waals surface area (Å²) in [5.41, 5.74) is 0.254. The van der Waals surface area contributed by atoms with Crippen molar-refractivity contribution in [2.24, 2.45) is 0 Å². The first-order chi connectivity index (χ1) is 16.1. The van der Waals surface area contributed by atoms with Crippen LogP contribution in [0.25, 0.3) is 11.3 Å². The molecule has 0 unspecified atom stereocenters. The van der Waals surface area contributed by atoms with Gasteiger partial charge in [0.15, 0.2) is 5.82 Å². The van der Waals surface area contributed by atoms with E-state index in [1.807, 2.05) is 6.92 Å². The summed E-state index contributed by atoms with van der Waals surface area (Å²) in [4.78, 5) is 16.3. The number of hydrogen-bond acceptors (Lipinski definition) is 7. The van der Waals surface area contributed by atoms with E-state index in [9.17, 15) is 28.2 Å². The monoisotopic (exact) mass is 479 g/mol. The number of carbonyl (C=O) groups excluding carboxylic acids is 1. The molecule has 2 aliphatic heterocycles. The van der Waals surface area contributed by atoms with Crippen LogP contribution in [0, 0.1) is 6.92 Å². The number of nitrogens with one attached hydrogen (secondary N) is 1. The van der Waals surface area contributed by atoms with Crippen LogP contribution >= 0.6 is 0 Å². The lowest BCUT2D eigenvalue weighted by Gasteiger charge is -2.34. The Morgan fingerprint density at radius 3 is 2.62 bits per heavy atom. The molecule has 0 saturated carbocycles. The molecule has 1 aromatic heterocycles. The van der Waals surface area contributed by atoms with Crippen molar-refractivity contribution in [3.8, 4) is 17.0 Å². The van der Waals surface area contributed by atoms with Crippen LogP contribution in [0.5, 0.6) is 5.75 Å². The van der Waals surface area contributed by atoms with E-state index in [0.29, 0.717) is 44.5 Å². The highest BCUT2D eigenvalue weighted by Gasteiger charge is 2.31. The fraction of sp³-hybridized carbons (Fsp3) is 0.522. The highest BCUT2D eigenvalue weighted by atomic mass is 19.4. The van der Waals surface area contributed by atoms with Gasteiger partial charge in [0.1, 0.15) is 5.75 Å². The van der Waals surface area contributed by atoms with Crippen LogP contribution in [-0.2, 0) is 11.0 Å². The molecule has 2 aromatic rings. The third-order valence-corrected chi connectivity index (χ3v) is 6.31. The number of aliphatic hydroxyl groups excluding tert-OH is 1. The highest BCUT2D eigenvalue weighted by molar-refractivity contribution is 5.78. The summed E-state index contributed by atoms with van der Waals surface area (Å²) < 4.78 is 38.6. The predicted molar refractivity (Wildman–Crippen MR) is 119 cm³/mol. The highest BCUT2D eigenvalue weighted by Crippen LogP contribution is 2.36. The van der Waals surface area contributed by atoms with Crippen molar-refractivity contribution in [2.75, 3.05) is 38.0 Å². The number of β-amino-alcohol motifs (C(OH)–C–C–N with tert-alkyl or cyclic N) is 1. The average molecular weight is 480 g/mol. The van der Waals surface area contributed by atoms with E-state index in [0.717, 1.165) is 31.0 Å². The van der Waals surface area contributed by atoms with Gasteiger partial charge in [0.2, 0.25) is 5.91 Å². The van der Waals surface area contributed by atoms with Gasteiger partial charge in [-0.15, -0.1) is 10.2 Å². The van der Waals surface area contributed by atoms with Gasteiger partial charge in [0.25, 0.3) is 0 Å². The lowest BCUT2D eigenvalue weighted by molar-refractivity contribution is -0.137. The number of aryl methyl sites for hydroxylation is 1. The Bertz CT molecular complexity index is 1050. The van der Waals surface area contributed by atoms with Gasteiger partial charge in [0.05, 0.1) is 23.9 Å². The Kier molecular flexibility index (Phi) is 6.94. The summed E-state index contributed by atoms with van der Waals surface area (Å²) in [5, 5.41) is 31.4. The SMILES string of the molecule is Cc1cc(-c2ccc(C(F)(F)F)cc2O)nnc1N[C@@H]1CCCN(CC(=O)N2CC[C@H](O)C2)C1. The molecule has 0 radical (unpaired) electrons. The maximum atomic E-state index is 12.9. The van der Waals surface area contributed by atoms with Crippen LogP contribution in [0.2, 0.25) is 0 Å². The molecule has 0 bridgehead atoms. The molecule has 3 N–H and O–H groups in total. The third-order valence-electron chi connectivity index (χ3n) is 6.31. The van der Waals surface area contributed by atoms with E-state index in [1.165, 1.54) is 6.07 Å². The smallest absolute Gasteiger partial charge is 0.416 e. The Balaban J connectivity index is 1.39. The summed E-state index contributed by atoms with van der Waals surface area (Å²) in [5.74, 6) is 0.0622. The summed E-state index contributed by atoms with van der Waals surface area (Å²) in [6.45, 7) is 4.57. The minimum Gasteiger partial charge on any atom is -0.507 e. The van der Waals surface area contributed by atoms with Crippen LogP contribution in [0.15, 0.2) is 24.3 Å². The second kappa shape index (κ2) is 9.75. The Hall–Kier alpha value is -2.92. The molecule has 2 fully saturated rings. The van der Waals surface area contributed by atoms with E-state index in [4.69, 9.17) is 0 Å². The molecule has 0 aliphatic carbocycles. The van der Waals surface area contributed by atoms with Crippen LogP contribution in [0.1, 0.15) is 30.4 Å². The zero-order valence-electron chi connectivity index (χ0n) is 18.8. The minimum absolute atomic E-state index is 0.0221. The lowest BCUT2D eigenvalue weighted by atomic mass is 10.0. The molecule has 34 heavy (non-hydrogen) atoms. The molecule has 2 saturated heterocycles. The molecule has 184 valence electrons. The number of hydrogen-bond donors (Lipinski definition) is 3. The Morgan fingerprint density at radius 2 is 1.97 bits per heavy atom. The maximum absolute atomic E-state index is 12.9. The van der Waals surface area contributed by atoms with Crippen molar-refractivity contribution >= 4 is 11.7 Å². The first-order valence-electron chi connectivity index (χ1n) is 11.3. The van der Waals surface area contributed by atoms with E-state index in [1.54, 1.807) is 11.0 Å². The summed E-state index contributed by atoms with van der Waals surface area (Å²) >= 11 is 0. The zero-order chi connectivity index (χ0) is 24.5. The molecule has 0 spiro atoms. The van der Waals surface area contributed by atoms with Crippen LogP contribution in [0.3, 0.4) is 0 Å². The largest absolute Gasteiger partial charge is 0.507 e. The molecule has 2 atom stereocenters. The number of phenolic OH excluding ortho intramolecular Hbond substituents is 1. The number of aliphatic hydroxyl groups is 1. The summed E-state index contributed by atoms with van der Waals surface area (Å²) in [7, 11) is 0. The quantitative estimate of drug-likeness (QED) is 0.606. The molecule has 1 aromatic carbocycles. The fourth-order valence-corrected chi connectivity index (χ4v) is 4.45. The van der Waals surface area contributed by atoms with Gasteiger partial charge < -0.3 is 20.4 Å². The van der Waals surface area contributed by atoms with Crippen molar-refractivity contribution in [2.45, 2.75) is 44.5 Å². The predicted octanol–water partition coefficient (Wildman–Crippen LogP) is 2.65. The number of phenols is 1. The second-order valence-corrected chi connectivity index (χ2v) is 8.99. The fourth-order valence-electron chi connectivity index (χ4n) is 4.45. The lowest BCUT2D eigenvalue weighted by Crippen LogP contribution is -2.47. The standard InChI is InChI=1S/C23H28F3N5O3/c1-14-9-19(18-5-4-15(10-20(18)33)23(24,25)26)28-29-22(14)27-16-3-2-7-30(11-16)13-21(34)31-8-6-17(32)12-31/h4-5,9-10,16-17,32-33H,2-3,6-8,11-13H2,1H3,(H,27,29)/t16-,17+/m1/s1. The number of likely N-dealkylation sites (tertiary alicyclic amines) is 2. The third kappa shape index (κ3) is 5.58. The molecule has 3 heterocycles. The topological polar surface area (TPSA) is 102 Å². The van der Waals surface area contributed by atoms with Crippen molar-refractivity contribution in [1.82, 2.24) is 20.0 Å². The number of piperidine rings is 1. The number of alkyl halides is 3. The molecular weight excluding hydrogens is 451 g/mol. The average Bonchev–Trinajstić information content (AvgIpc) is 3.21. The number of rotatable bonds is 5. The number of nitrogens with zero attached hydrogens (tertiary/aromatic N) is 4. The minimum atomic E-state index is -4.54. The number of halogens is 3. The van der Waals surface area contributed by atoms with E-state index < -0.39 is 23.6 Å². The van der Waals surface area contributed by atoms with Gasteiger partial charge in [0, 0.05) is 31.2 Å². The van der Waals surface area contributed by atoms with Gasteiger partial charge in [-0.3, -0.25) is 9.69 Å². The van der Waals surface area contributed by atoms with Crippen molar-refractivity contribution in [3.63, 3.8) is 0 Å². The molecule has 4 rings (SSSR count). The van der Waals surface area contributed by atoms with Gasteiger partial charge in [-0.2, -0.15) is 13.2 Å². The van der Waals surface area contributed by atoms with Gasteiger partial charge in [-0.25, -0.2) is 0 Å². The Labute approximate surface area is 195 Å². The summed E-state index contributed by atoms with van der Waals surface area (Å²) in [6, 6.07) is 4.49. The van der Waals surface area contributed by atoms with Gasteiger partial charge >= 0.3 is 6.18 Å². The number of amides is 1. The van der Waals surface area contributed by atoms with Gasteiger partial charge in [-0.05, 0) is 62.6 Å². The molecule has 1 amide bonds. The first kappa shape index (κ1) is 24.2. The molecular formula is C23H28F3N5O3. The maximum Gasteiger partial charge on any atom is 0.416 e. The number of aromatic hydroxyl groups is 1. The van der Waals surface area contributed by atoms with Crippen LogP contribution in [-0.4, -0.2) is 81.0 Å². The first-order valence-corrected chi connectivity index (χ1v) is 11.3. The number of anilines is 1. The number of benzene rings is 1. The Morgan fingerprint density at radius 1 is 1.18 bits per heavy atom. The van der Waals surface area contributed by atoms with Crippen molar-refractivity contribution < 1.29 is 28.2 Å². The number of carbonyl (C=O) groups is 1.